The Kier molecular flexibility index (Phi) is 5.98. The number of thiophene rings is 1. The van der Waals surface area contributed by atoms with E-state index in [1.165, 1.54) is 11.3 Å². The van der Waals surface area contributed by atoms with Gasteiger partial charge in [-0.2, -0.15) is 0 Å². The van der Waals surface area contributed by atoms with Crippen LogP contribution < -0.4 is 5.32 Å². The lowest BCUT2D eigenvalue weighted by atomic mass is 10.1. The normalized spacial score (nSPS) is 20.1. The van der Waals surface area contributed by atoms with E-state index in [2.05, 4.69) is 5.32 Å². The van der Waals surface area contributed by atoms with Crippen LogP contribution in [0.4, 0.5) is 0 Å². The monoisotopic (exact) mass is 261 g/mol. The van der Waals surface area contributed by atoms with Crippen LogP contribution in [0.3, 0.4) is 0 Å². The van der Waals surface area contributed by atoms with Crippen LogP contribution in [0.2, 0.25) is 0 Å². The second-order valence-electron chi connectivity index (χ2n) is 3.68. The fourth-order valence-corrected chi connectivity index (χ4v) is 2.32. The summed E-state index contributed by atoms with van der Waals surface area (Å²) in [6.07, 6.45) is 2.41. The van der Waals surface area contributed by atoms with Crippen molar-refractivity contribution >= 4 is 29.5 Å². The van der Waals surface area contributed by atoms with Crippen molar-refractivity contribution in [3.63, 3.8) is 0 Å². The van der Waals surface area contributed by atoms with Crippen LogP contribution in [0.25, 0.3) is 0 Å². The fraction of sp³-hybridized carbons (Fsp3) is 0.545. The molecule has 1 aliphatic heterocycles. The Hall–Kier alpha value is -0.420. The summed E-state index contributed by atoms with van der Waals surface area (Å²) in [5.41, 5.74) is 0. The molecule has 0 amide bonds. The van der Waals surface area contributed by atoms with Crippen molar-refractivity contribution < 1.29 is 9.53 Å². The molecule has 1 N–H and O–H groups in total. The number of ether oxygens (including phenoxy) is 1. The summed E-state index contributed by atoms with van der Waals surface area (Å²) in [6, 6.07) is 3.73. The Labute approximate surface area is 106 Å². The third-order valence-corrected chi connectivity index (χ3v) is 3.41. The average molecular weight is 262 g/mol. The molecule has 0 aromatic carbocycles. The number of carbonyl (C=O) groups excluding carboxylic acids is 1. The van der Waals surface area contributed by atoms with Crippen molar-refractivity contribution in [1.29, 1.82) is 0 Å². The first-order valence-corrected chi connectivity index (χ1v) is 6.13. The number of ketones is 1. The Bertz CT molecular complexity index is 310. The van der Waals surface area contributed by atoms with Crippen molar-refractivity contribution in [2.24, 2.45) is 0 Å². The van der Waals surface area contributed by atoms with E-state index < -0.39 is 0 Å². The Morgan fingerprint density at radius 1 is 1.62 bits per heavy atom. The van der Waals surface area contributed by atoms with Crippen molar-refractivity contribution in [2.75, 3.05) is 19.7 Å². The molecule has 2 rings (SSSR count). The van der Waals surface area contributed by atoms with Crippen molar-refractivity contribution in [2.45, 2.75) is 18.9 Å². The molecule has 2 heterocycles. The Balaban J connectivity index is 0.00000128. The number of nitrogens with one attached hydrogen (secondary N) is 1. The third kappa shape index (κ3) is 3.87. The van der Waals surface area contributed by atoms with Gasteiger partial charge in [0.2, 0.25) is 0 Å². The number of Topliss-reactive ketones (excluding diaryl/α,β-unsaturated/α-hetero) is 1. The molecule has 0 bridgehead atoms. The molecule has 1 fully saturated rings. The molecule has 16 heavy (non-hydrogen) atoms. The average Bonchev–Trinajstić information content (AvgIpc) is 2.81. The predicted octanol–water partition coefficient (Wildman–Crippen LogP) is 2.12. The summed E-state index contributed by atoms with van der Waals surface area (Å²) in [5.74, 6) is 0.0931. The smallest absolute Gasteiger partial charge is 0.198 e. The first kappa shape index (κ1) is 13.6. The van der Waals surface area contributed by atoms with E-state index in [1.54, 1.807) is 0 Å². The van der Waals surface area contributed by atoms with E-state index in [4.69, 9.17) is 4.74 Å². The van der Waals surface area contributed by atoms with Gasteiger partial charge in [-0.25, -0.2) is 0 Å². The maximum atomic E-state index is 11.6. The first-order chi connectivity index (χ1) is 7.36. The van der Waals surface area contributed by atoms with E-state index in [0.29, 0.717) is 0 Å². The van der Waals surface area contributed by atoms with Crippen LogP contribution in [0, 0.1) is 0 Å². The van der Waals surface area contributed by atoms with Gasteiger partial charge in [0.1, 0.15) is 6.61 Å². The third-order valence-electron chi connectivity index (χ3n) is 2.50. The zero-order chi connectivity index (χ0) is 10.5. The zero-order valence-corrected chi connectivity index (χ0v) is 10.6. The number of rotatable bonds is 4. The highest BCUT2D eigenvalue weighted by molar-refractivity contribution is 7.12. The summed E-state index contributed by atoms with van der Waals surface area (Å²) in [7, 11) is 0. The van der Waals surface area contributed by atoms with Crippen LogP contribution in [0.5, 0.6) is 0 Å². The van der Waals surface area contributed by atoms with Crippen molar-refractivity contribution in [1.82, 2.24) is 5.32 Å². The summed E-state index contributed by atoms with van der Waals surface area (Å²) < 4.78 is 5.56. The van der Waals surface area contributed by atoms with Gasteiger partial charge in [0.05, 0.1) is 11.0 Å². The highest BCUT2D eigenvalue weighted by Crippen LogP contribution is 2.11. The van der Waals surface area contributed by atoms with E-state index in [-0.39, 0.29) is 30.9 Å². The zero-order valence-electron chi connectivity index (χ0n) is 8.98. The second-order valence-corrected chi connectivity index (χ2v) is 4.63. The summed E-state index contributed by atoms with van der Waals surface area (Å²) >= 11 is 1.47. The predicted molar refractivity (Wildman–Crippen MR) is 67.7 cm³/mol. The van der Waals surface area contributed by atoms with Gasteiger partial charge in [0.25, 0.3) is 0 Å². The molecule has 5 heteroatoms. The number of piperidine rings is 1. The molecule has 1 aromatic heterocycles. The highest BCUT2D eigenvalue weighted by Gasteiger charge is 2.15. The number of halogens is 1. The van der Waals surface area contributed by atoms with Gasteiger partial charge in [-0.15, -0.1) is 23.7 Å². The number of hydrogen-bond acceptors (Lipinski definition) is 4. The highest BCUT2D eigenvalue weighted by atomic mass is 35.5. The largest absolute Gasteiger partial charge is 0.369 e. The van der Waals surface area contributed by atoms with E-state index >= 15 is 0 Å². The van der Waals surface area contributed by atoms with Gasteiger partial charge >= 0.3 is 0 Å². The van der Waals surface area contributed by atoms with Crippen LogP contribution in [0.1, 0.15) is 22.5 Å². The minimum absolute atomic E-state index is 0. The molecule has 3 nitrogen and oxygen atoms in total. The lowest BCUT2D eigenvalue weighted by Gasteiger charge is -2.22. The van der Waals surface area contributed by atoms with E-state index in [1.807, 2.05) is 17.5 Å². The Morgan fingerprint density at radius 3 is 3.12 bits per heavy atom. The number of hydrogen-bond donors (Lipinski definition) is 1. The van der Waals surface area contributed by atoms with Crippen molar-refractivity contribution in [3.8, 4) is 0 Å². The molecule has 1 atom stereocenters. The standard InChI is InChI=1S/C11H15NO2S.ClH/c13-10(11-4-2-6-15-11)8-14-9-3-1-5-12-7-9;/h2,4,6,9,12H,1,3,5,7-8H2;1H/t9-;/m1./s1. The topological polar surface area (TPSA) is 38.3 Å². The molecule has 0 radical (unpaired) electrons. The van der Waals surface area contributed by atoms with Gasteiger partial charge in [-0.05, 0) is 30.8 Å². The summed E-state index contributed by atoms with van der Waals surface area (Å²) in [6.45, 7) is 2.16. The van der Waals surface area contributed by atoms with E-state index in [9.17, 15) is 4.79 Å². The SMILES string of the molecule is Cl.O=C(CO[C@@H]1CCCNC1)c1cccs1. The molecule has 90 valence electrons. The van der Waals surface area contributed by atoms with Gasteiger partial charge in [-0.1, -0.05) is 6.07 Å². The van der Waals surface area contributed by atoms with Gasteiger partial charge in [-0.3, -0.25) is 4.79 Å². The van der Waals surface area contributed by atoms with E-state index in [0.717, 1.165) is 30.8 Å². The fourth-order valence-electron chi connectivity index (χ4n) is 1.66. The maximum Gasteiger partial charge on any atom is 0.198 e. The lowest BCUT2D eigenvalue weighted by molar-refractivity contribution is 0.0350. The number of carbonyl (C=O) groups is 1. The molecule has 1 aromatic rings. The molecule has 0 saturated carbocycles. The van der Waals surface area contributed by atoms with Crippen LogP contribution in [-0.2, 0) is 4.74 Å². The molecule has 1 saturated heterocycles. The lowest BCUT2D eigenvalue weighted by Crippen LogP contribution is -2.36. The second kappa shape index (κ2) is 7.01. The molecule has 1 aliphatic rings. The van der Waals surface area contributed by atoms with Gasteiger partial charge < -0.3 is 10.1 Å². The summed E-state index contributed by atoms with van der Waals surface area (Å²) in [4.78, 5) is 12.4. The molecular weight excluding hydrogens is 246 g/mol. The van der Waals surface area contributed by atoms with Crippen LogP contribution in [-0.4, -0.2) is 31.6 Å². The minimum Gasteiger partial charge on any atom is -0.369 e. The molecule has 0 unspecified atom stereocenters. The summed E-state index contributed by atoms with van der Waals surface area (Å²) in [5, 5.41) is 5.17. The quantitative estimate of drug-likeness (QED) is 0.844. The minimum atomic E-state index is 0. The maximum absolute atomic E-state index is 11.6. The molecule has 0 aliphatic carbocycles. The first-order valence-electron chi connectivity index (χ1n) is 5.25. The molecule has 0 spiro atoms. The van der Waals surface area contributed by atoms with Gasteiger partial charge in [0, 0.05) is 6.54 Å². The van der Waals surface area contributed by atoms with Crippen LogP contribution >= 0.6 is 23.7 Å². The Morgan fingerprint density at radius 2 is 2.50 bits per heavy atom. The molecular formula is C11H16ClNO2S. The van der Waals surface area contributed by atoms with Crippen LogP contribution in [0.15, 0.2) is 17.5 Å². The van der Waals surface area contributed by atoms with Gasteiger partial charge in [0.15, 0.2) is 5.78 Å². The van der Waals surface area contributed by atoms with Crippen molar-refractivity contribution in [3.05, 3.63) is 22.4 Å².